The summed E-state index contributed by atoms with van der Waals surface area (Å²) < 4.78 is 18.1. The van der Waals surface area contributed by atoms with Crippen molar-refractivity contribution in [1.82, 2.24) is 0 Å². The van der Waals surface area contributed by atoms with Gasteiger partial charge in [-0.05, 0) is 0 Å². The Morgan fingerprint density at radius 1 is 0.960 bits per heavy atom. The van der Waals surface area contributed by atoms with Crippen LogP contribution in [-0.4, -0.2) is 90.5 Å². The molecule has 2 bridgehead atoms. The summed E-state index contributed by atoms with van der Waals surface area (Å²) in [5.74, 6) is -16.0. The topological polar surface area (TPSA) is 210 Å². The summed E-state index contributed by atoms with van der Waals surface area (Å²) in [6, 6.07) is 0. The Bertz CT molecular complexity index is 649. The van der Waals surface area contributed by atoms with Crippen LogP contribution < -0.4 is 0 Å². The van der Waals surface area contributed by atoms with Crippen LogP contribution in [0.5, 0.6) is 0 Å². The number of hydrogen-bond donors (Lipinski definition) is 6. The van der Waals surface area contributed by atoms with Gasteiger partial charge >= 0.3 is 35.5 Å². The van der Waals surface area contributed by atoms with E-state index in [-0.39, 0.29) is 0 Å². The second kappa shape index (κ2) is 5.07. The van der Waals surface area contributed by atoms with E-state index < -0.39 is 72.7 Å². The molecule has 0 aliphatic carbocycles. The van der Waals surface area contributed by atoms with Crippen LogP contribution in [0.3, 0.4) is 0 Å². The second-order valence-corrected chi connectivity index (χ2v) is 5.93. The molecule has 0 amide bonds. The maximum absolute atomic E-state index is 12.1. The molecule has 25 heavy (non-hydrogen) atoms. The average molecular weight is 366 g/mol. The zero-order chi connectivity index (χ0) is 18.8. The molecule has 1 unspecified atom stereocenters. The molecule has 0 saturated carbocycles. The minimum Gasteiger partial charge on any atom is -0.422 e. The Morgan fingerprint density at radius 3 is 2.08 bits per heavy atom. The molecule has 0 spiro atoms. The summed E-state index contributed by atoms with van der Waals surface area (Å²) in [5, 5.41) is 60.9. The van der Waals surface area contributed by atoms with Gasteiger partial charge in [0.05, 0.1) is 19.4 Å². The van der Waals surface area contributed by atoms with Crippen molar-refractivity contribution in [1.29, 1.82) is 0 Å². The SMILES string of the molecule is O=C1CC2(O)CC(=O)O[C@@]3(O)[C@@H](O)[C@@H](CO)O[C@](O)(O1)[C@]3(O)OC2=O. The molecular weight excluding hydrogens is 352 g/mol. The number of ether oxygens (including phenoxy) is 4. The number of rotatable bonds is 1. The molecule has 3 saturated heterocycles. The highest BCUT2D eigenvalue weighted by atomic mass is 16.9. The third-order valence-corrected chi connectivity index (χ3v) is 4.17. The van der Waals surface area contributed by atoms with Crippen LogP contribution in [-0.2, 0) is 33.3 Å². The summed E-state index contributed by atoms with van der Waals surface area (Å²) in [6.07, 6.45) is -6.78. The molecule has 3 fully saturated rings. The molecule has 0 aromatic carbocycles. The molecule has 0 aromatic rings. The van der Waals surface area contributed by atoms with E-state index in [0.717, 1.165) is 0 Å². The van der Waals surface area contributed by atoms with Crippen LogP contribution in [0.15, 0.2) is 0 Å². The van der Waals surface area contributed by atoms with Crippen LogP contribution in [0.25, 0.3) is 0 Å². The molecule has 3 rings (SSSR count). The fourth-order valence-electron chi connectivity index (χ4n) is 2.84. The molecular formula is C12H14O13. The van der Waals surface area contributed by atoms with E-state index in [0.29, 0.717) is 0 Å². The third kappa shape index (κ3) is 2.18. The van der Waals surface area contributed by atoms with E-state index >= 15 is 0 Å². The predicted octanol–water partition coefficient (Wildman–Crippen LogP) is -5.07. The maximum atomic E-state index is 12.1. The van der Waals surface area contributed by atoms with Crippen LogP contribution >= 0.6 is 0 Å². The van der Waals surface area contributed by atoms with Gasteiger partial charge in [-0.3, -0.25) is 9.59 Å². The first-order valence-electron chi connectivity index (χ1n) is 6.94. The fraction of sp³-hybridized carbons (Fsp3) is 0.750. The lowest BCUT2D eigenvalue weighted by molar-refractivity contribution is -0.561. The Morgan fingerprint density at radius 2 is 1.52 bits per heavy atom. The highest BCUT2D eigenvalue weighted by Crippen LogP contribution is 2.49. The van der Waals surface area contributed by atoms with Gasteiger partial charge in [0.2, 0.25) is 0 Å². The van der Waals surface area contributed by atoms with Gasteiger partial charge in [0, 0.05) is 0 Å². The summed E-state index contributed by atoms with van der Waals surface area (Å²) in [4.78, 5) is 35.9. The normalized spacial score (nSPS) is 49.9. The lowest BCUT2D eigenvalue weighted by Gasteiger charge is -2.56. The van der Waals surface area contributed by atoms with Crippen LogP contribution in [0.1, 0.15) is 12.8 Å². The fourth-order valence-corrected chi connectivity index (χ4v) is 2.84. The molecule has 13 nitrogen and oxygen atoms in total. The van der Waals surface area contributed by atoms with Gasteiger partial charge in [0.1, 0.15) is 6.10 Å². The van der Waals surface area contributed by atoms with Crippen molar-refractivity contribution in [3.8, 4) is 0 Å². The van der Waals surface area contributed by atoms with Gasteiger partial charge in [0.25, 0.3) is 0 Å². The summed E-state index contributed by atoms with van der Waals surface area (Å²) >= 11 is 0. The third-order valence-electron chi connectivity index (χ3n) is 4.17. The Hall–Kier alpha value is -1.87. The molecule has 3 aliphatic rings. The number of esters is 3. The lowest BCUT2D eigenvalue weighted by Crippen LogP contribution is -2.84. The van der Waals surface area contributed by atoms with Gasteiger partial charge in [-0.15, -0.1) is 0 Å². The van der Waals surface area contributed by atoms with Crippen molar-refractivity contribution in [2.75, 3.05) is 6.61 Å². The average Bonchev–Trinajstić information content (AvgIpc) is 2.47. The van der Waals surface area contributed by atoms with Crippen LogP contribution in [0.2, 0.25) is 0 Å². The molecule has 140 valence electrons. The van der Waals surface area contributed by atoms with Crippen molar-refractivity contribution < 1.29 is 64.0 Å². The molecule has 3 heterocycles. The number of carbonyl (C=O) groups is 3. The van der Waals surface area contributed by atoms with E-state index in [1.54, 1.807) is 0 Å². The van der Waals surface area contributed by atoms with Crippen LogP contribution in [0.4, 0.5) is 0 Å². The maximum Gasteiger partial charge on any atom is 0.404 e. The molecule has 0 aromatic heterocycles. The zero-order valence-electron chi connectivity index (χ0n) is 12.3. The molecule has 6 N–H and O–H groups in total. The molecule has 13 heteroatoms. The van der Waals surface area contributed by atoms with Gasteiger partial charge in [-0.1, -0.05) is 0 Å². The van der Waals surface area contributed by atoms with Crippen molar-refractivity contribution in [3.63, 3.8) is 0 Å². The van der Waals surface area contributed by atoms with Crippen molar-refractivity contribution in [2.24, 2.45) is 0 Å². The number of aliphatic hydroxyl groups is 6. The monoisotopic (exact) mass is 366 g/mol. The largest absolute Gasteiger partial charge is 0.422 e. The Balaban J connectivity index is 2.26. The number of aliphatic hydroxyl groups excluding tert-OH is 2. The van der Waals surface area contributed by atoms with E-state index in [1.165, 1.54) is 0 Å². The van der Waals surface area contributed by atoms with Crippen LogP contribution in [0, 0.1) is 0 Å². The highest BCUT2D eigenvalue weighted by Gasteiger charge is 2.82. The van der Waals surface area contributed by atoms with Gasteiger partial charge in [-0.2, -0.15) is 0 Å². The van der Waals surface area contributed by atoms with Gasteiger partial charge < -0.3 is 49.6 Å². The number of fused-ring (bicyclic) bond motifs is 2. The first-order valence-corrected chi connectivity index (χ1v) is 6.94. The van der Waals surface area contributed by atoms with Crippen molar-refractivity contribution in [2.45, 2.75) is 48.2 Å². The Labute approximate surface area is 137 Å². The lowest BCUT2D eigenvalue weighted by atomic mass is 9.86. The minimum absolute atomic E-state index is 1.10. The van der Waals surface area contributed by atoms with Gasteiger partial charge in [-0.25, -0.2) is 4.79 Å². The smallest absolute Gasteiger partial charge is 0.404 e. The summed E-state index contributed by atoms with van der Waals surface area (Å²) in [5.41, 5.74) is -2.83. The van der Waals surface area contributed by atoms with Gasteiger partial charge in [0.15, 0.2) is 11.7 Å². The van der Waals surface area contributed by atoms with E-state index in [4.69, 9.17) is 0 Å². The second-order valence-electron chi connectivity index (χ2n) is 5.93. The van der Waals surface area contributed by atoms with Crippen molar-refractivity contribution >= 4 is 17.9 Å². The van der Waals surface area contributed by atoms with E-state index in [1.807, 2.05) is 0 Å². The zero-order valence-corrected chi connectivity index (χ0v) is 12.3. The number of carbonyl (C=O) groups excluding carboxylic acids is 3. The van der Waals surface area contributed by atoms with E-state index in [2.05, 4.69) is 18.9 Å². The number of hydrogen-bond acceptors (Lipinski definition) is 13. The van der Waals surface area contributed by atoms with E-state index in [9.17, 15) is 45.0 Å². The molecule has 6 atom stereocenters. The minimum atomic E-state index is -3.89. The van der Waals surface area contributed by atoms with Crippen molar-refractivity contribution in [3.05, 3.63) is 0 Å². The summed E-state index contributed by atoms with van der Waals surface area (Å²) in [6.45, 7) is -1.10. The summed E-state index contributed by atoms with van der Waals surface area (Å²) in [7, 11) is 0. The quantitative estimate of drug-likeness (QED) is 0.190. The predicted molar refractivity (Wildman–Crippen MR) is 65.3 cm³/mol. The molecule has 0 radical (unpaired) electrons. The molecule has 3 aliphatic heterocycles. The Kier molecular flexibility index (Phi) is 3.64. The standard InChI is InChI=1S/C12H14O13/c13-3-4-7(16)10(19)11(20)12(21,22-4)24-6(15)2-9(18,8(17)25-11)1-5(14)23-10/h4,7,13,16,18-21H,1-3H2/t4-,7+,9?,10+,11-,12+/m1/s1. The highest BCUT2D eigenvalue weighted by molar-refractivity contribution is 5.91. The first kappa shape index (κ1) is 17.9. The first-order chi connectivity index (χ1) is 11.4.